The zero-order valence-electron chi connectivity index (χ0n) is 10.6. The Kier molecular flexibility index (Phi) is 4.93. The maximum atomic E-state index is 11.5. The fourth-order valence-electron chi connectivity index (χ4n) is 1.61. The quantitative estimate of drug-likeness (QED) is 0.857. The molecule has 0 aliphatic carbocycles. The van der Waals surface area contributed by atoms with Crippen LogP contribution in [0.15, 0.2) is 54.7 Å². The Morgan fingerprint density at radius 1 is 1.11 bits per heavy atom. The van der Waals surface area contributed by atoms with Crippen molar-refractivity contribution >= 4 is 5.91 Å². The van der Waals surface area contributed by atoms with Gasteiger partial charge in [-0.25, -0.2) is 4.98 Å². The molecule has 1 N–H and O–H groups in total. The topological polar surface area (TPSA) is 51.2 Å². The number of ether oxygens (including phenoxy) is 1. The van der Waals surface area contributed by atoms with Gasteiger partial charge in [-0.2, -0.15) is 0 Å². The molecular weight excluding hydrogens is 240 g/mol. The van der Waals surface area contributed by atoms with Gasteiger partial charge in [0.15, 0.2) is 6.61 Å². The van der Waals surface area contributed by atoms with Gasteiger partial charge in [-0.3, -0.25) is 4.79 Å². The van der Waals surface area contributed by atoms with Crippen molar-refractivity contribution in [2.45, 2.75) is 6.42 Å². The standard InChI is InChI=1S/C15H16N2O2/c18-14(12-19-15-8-4-5-10-17-15)16-11-9-13-6-2-1-3-7-13/h1-8,10H,9,11-12H2,(H,16,18). The SMILES string of the molecule is O=C(COc1ccccn1)NCCc1ccccc1. The van der Waals surface area contributed by atoms with Crippen molar-refractivity contribution in [1.29, 1.82) is 0 Å². The molecule has 0 aliphatic heterocycles. The first kappa shape index (κ1) is 13.1. The number of aromatic nitrogens is 1. The maximum Gasteiger partial charge on any atom is 0.258 e. The summed E-state index contributed by atoms with van der Waals surface area (Å²) in [4.78, 5) is 15.5. The van der Waals surface area contributed by atoms with E-state index in [1.54, 1.807) is 18.3 Å². The molecule has 1 heterocycles. The van der Waals surface area contributed by atoms with Gasteiger partial charge in [0.2, 0.25) is 5.88 Å². The van der Waals surface area contributed by atoms with Crippen molar-refractivity contribution in [2.24, 2.45) is 0 Å². The molecule has 2 aromatic rings. The van der Waals surface area contributed by atoms with E-state index in [1.807, 2.05) is 36.4 Å². The molecule has 0 fully saturated rings. The third kappa shape index (κ3) is 4.79. The van der Waals surface area contributed by atoms with Crippen LogP contribution in [-0.2, 0) is 11.2 Å². The summed E-state index contributed by atoms with van der Waals surface area (Å²) >= 11 is 0. The summed E-state index contributed by atoms with van der Waals surface area (Å²) in [5.74, 6) is 0.322. The number of hydrogen-bond acceptors (Lipinski definition) is 3. The van der Waals surface area contributed by atoms with Gasteiger partial charge in [0, 0.05) is 18.8 Å². The predicted octanol–water partition coefficient (Wildman–Crippen LogP) is 1.82. The third-order valence-corrected chi connectivity index (χ3v) is 2.57. The van der Waals surface area contributed by atoms with E-state index in [1.165, 1.54) is 5.56 Å². The molecule has 98 valence electrons. The van der Waals surface area contributed by atoms with Gasteiger partial charge >= 0.3 is 0 Å². The molecule has 0 spiro atoms. The number of nitrogens with one attached hydrogen (secondary N) is 1. The highest BCUT2D eigenvalue weighted by atomic mass is 16.5. The molecule has 19 heavy (non-hydrogen) atoms. The van der Waals surface area contributed by atoms with Crippen molar-refractivity contribution in [1.82, 2.24) is 10.3 Å². The lowest BCUT2D eigenvalue weighted by Crippen LogP contribution is -2.30. The molecule has 0 atom stereocenters. The van der Waals surface area contributed by atoms with Crippen molar-refractivity contribution in [3.63, 3.8) is 0 Å². The van der Waals surface area contributed by atoms with Crippen LogP contribution in [0.4, 0.5) is 0 Å². The average molecular weight is 256 g/mol. The Morgan fingerprint density at radius 2 is 1.89 bits per heavy atom. The highest BCUT2D eigenvalue weighted by Crippen LogP contribution is 2.02. The number of benzene rings is 1. The molecule has 2 rings (SSSR count). The molecule has 4 nitrogen and oxygen atoms in total. The van der Waals surface area contributed by atoms with E-state index >= 15 is 0 Å². The average Bonchev–Trinajstić information content (AvgIpc) is 2.47. The Hall–Kier alpha value is -2.36. The zero-order valence-corrected chi connectivity index (χ0v) is 10.6. The van der Waals surface area contributed by atoms with Crippen LogP contribution in [-0.4, -0.2) is 24.0 Å². The van der Waals surface area contributed by atoms with Crippen LogP contribution in [0.2, 0.25) is 0 Å². The second-order valence-corrected chi connectivity index (χ2v) is 4.04. The summed E-state index contributed by atoms with van der Waals surface area (Å²) in [5.41, 5.74) is 1.20. The van der Waals surface area contributed by atoms with Crippen LogP contribution in [0.25, 0.3) is 0 Å². The van der Waals surface area contributed by atoms with Gasteiger partial charge in [0.25, 0.3) is 5.91 Å². The van der Waals surface area contributed by atoms with E-state index in [9.17, 15) is 4.79 Å². The molecule has 1 amide bonds. The molecule has 0 radical (unpaired) electrons. The molecule has 0 saturated heterocycles. The van der Waals surface area contributed by atoms with Crippen molar-refractivity contribution in [3.8, 4) is 5.88 Å². The van der Waals surface area contributed by atoms with E-state index in [4.69, 9.17) is 4.74 Å². The van der Waals surface area contributed by atoms with Gasteiger partial charge in [0.1, 0.15) is 0 Å². The number of nitrogens with zero attached hydrogens (tertiary/aromatic N) is 1. The molecule has 0 unspecified atom stereocenters. The largest absolute Gasteiger partial charge is 0.468 e. The van der Waals surface area contributed by atoms with Gasteiger partial charge in [-0.1, -0.05) is 36.4 Å². The summed E-state index contributed by atoms with van der Waals surface area (Å²) < 4.78 is 5.25. The highest BCUT2D eigenvalue weighted by molar-refractivity contribution is 5.77. The Morgan fingerprint density at radius 3 is 2.63 bits per heavy atom. The van der Waals surface area contributed by atoms with Crippen molar-refractivity contribution in [2.75, 3.05) is 13.2 Å². The van der Waals surface area contributed by atoms with Crippen LogP contribution in [0.5, 0.6) is 5.88 Å². The maximum absolute atomic E-state index is 11.5. The van der Waals surface area contributed by atoms with Crippen LogP contribution in [0.1, 0.15) is 5.56 Å². The second kappa shape index (κ2) is 7.16. The lowest BCUT2D eigenvalue weighted by Gasteiger charge is -2.06. The summed E-state index contributed by atoms with van der Waals surface area (Å²) in [6.07, 6.45) is 2.44. The van der Waals surface area contributed by atoms with E-state index < -0.39 is 0 Å². The lowest BCUT2D eigenvalue weighted by molar-refractivity contribution is -0.123. The Bertz CT molecular complexity index is 500. The van der Waals surface area contributed by atoms with Crippen LogP contribution in [0, 0.1) is 0 Å². The number of pyridine rings is 1. The van der Waals surface area contributed by atoms with Crippen LogP contribution >= 0.6 is 0 Å². The molecule has 1 aromatic carbocycles. The summed E-state index contributed by atoms with van der Waals surface area (Å²) in [6, 6.07) is 15.4. The predicted molar refractivity (Wildman–Crippen MR) is 72.9 cm³/mol. The Balaban J connectivity index is 1.65. The molecular formula is C15H16N2O2. The first-order chi connectivity index (χ1) is 9.34. The minimum atomic E-state index is -0.137. The molecule has 1 aromatic heterocycles. The van der Waals surface area contributed by atoms with E-state index in [2.05, 4.69) is 10.3 Å². The normalized spacial score (nSPS) is 9.89. The van der Waals surface area contributed by atoms with Crippen LogP contribution < -0.4 is 10.1 Å². The summed E-state index contributed by atoms with van der Waals surface area (Å²) in [7, 11) is 0. The number of rotatable bonds is 6. The summed E-state index contributed by atoms with van der Waals surface area (Å²) in [6.45, 7) is 0.597. The number of carbonyl (C=O) groups excluding carboxylic acids is 1. The lowest BCUT2D eigenvalue weighted by atomic mass is 10.1. The van der Waals surface area contributed by atoms with E-state index in [0.717, 1.165) is 6.42 Å². The smallest absolute Gasteiger partial charge is 0.258 e. The monoisotopic (exact) mass is 256 g/mol. The highest BCUT2D eigenvalue weighted by Gasteiger charge is 2.02. The molecule has 0 bridgehead atoms. The van der Waals surface area contributed by atoms with Crippen LogP contribution in [0.3, 0.4) is 0 Å². The van der Waals surface area contributed by atoms with Gasteiger partial charge < -0.3 is 10.1 Å². The minimum Gasteiger partial charge on any atom is -0.468 e. The molecule has 4 heteroatoms. The van der Waals surface area contributed by atoms with Gasteiger partial charge in [-0.15, -0.1) is 0 Å². The van der Waals surface area contributed by atoms with Crippen molar-refractivity contribution < 1.29 is 9.53 Å². The minimum absolute atomic E-state index is 0.00813. The number of carbonyl (C=O) groups is 1. The number of hydrogen-bond donors (Lipinski definition) is 1. The zero-order chi connectivity index (χ0) is 13.3. The van der Waals surface area contributed by atoms with E-state index in [-0.39, 0.29) is 12.5 Å². The fraction of sp³-hybridized carbons (Fsp3) is 0.200. The van der Waals surface area contributed by atoms with Gasteiger partial charge in [0.05, 0.1) is 0 Å². The molecule has 0 saturated carbocycles. The van der Waals surface area contributed by atoms with Crippen molar-refractivity contribution in [3.05, 3.63) is 60.3 Å². The third-order valence-electron chi connectivity index (χ3n) is 2.57. The van der Waals surface area contributed by atoms with Gasteiger partial charge in [-0.05, 0) is 18.1 Å². The Labute approximate surface area is 112 Å². The first-order valence-electron chi connectivity index (χ1n) is 6.19. The number of amides is 1. The summed E-state index contributed by atoms with van der Waals surface area (Å²) in [5, 5.41) is 2.81. The second-order valence-electron chi connectivity index (χ2n) is 4.04. The molecule has 0 aliphatic rings. The van der Waals surface area contributed by atoms with E-state index in [0.29, 0.717) is 12.4 Å². The fourth-order valence-corrected chi connectivity index (χ4v) is 1.61. The first-order valence-corrected chi connectivity index (χ1v) is 6.19.